The maximum Gasteiger partial charge on any atom is 0.369 e. The molecule has 4 rings (SSSR count). The van der Waals surface area contributed by atoms with Crippen LogP contribution in [0.25, 0.3) is 16.7 Å². The highest BCUT2D eigenvalue weighted by molar-refractivity contribution is 6.30. The zero-order valence-corrected chi connectivity index (χ0v) is 11.7. The van der Waals surface area contributed by atoms with Gasteiger partial charge in [0.1, 0.15) is 11.1 Å². The van der Waals surface area contributed by atoms with Crippen LogP contribution < -0.4 is 4.84 Å². The fraction of sp³-hybridized carbons (Fsp3) is 0. The van der Waals surface area contributed by atoms with Crippen LogP contribution in [0.2, 0.25) is 5.02 Å². The molecule has 8 nitrogen and oxygen atoms in total. The van der Waals surface area contributed by atoms with E-state index in [1.165, 1.54) is 10.7 Å². The molecule has 0 atom stereocenters. The Bertz CT molecular complexity index is 1010. The summed E-state index contributed by atoms with van der Waals surface area (Å²) in [6.45, 7) is 0. The molecule has 0 spiro atoms. The highest BCUT2D eigenvalue weighted by Gasteiger charge is 2.17. The van der Waals surface area contributed by atoms with Crippen LogP contribution in [0.1, 0.15) is 10.4 Å². The molecule has 0 radical (unpaired) electrons. The smallest absolute Gasteiger partial charge is 0.310 e. The van der Waals surface area contributed by atoms with Gasteiger partial charge in [0.15, 0.2) is 0 Å². The van der Waals surface area contributed by atoms with Crippen molar-refractivity contribution < 1.29 is 9.63 Å². The number of pyridine rings is 2. The molecule has 0 aromatic carbocycles. The number of carbonyl (C=O) groups is 1. The Kier molecular flexibility index (Phi) is 2.76. The monoisotopic (exact) mass is 314 g/mol. The second-order valence-corrected chi connectivity index (χ2v) is 4.86. The fourth-order valence-electron chi connectivity index (χ4n) is 2.05. The summed E-state index contributed by atoms with van der Waals surface area (Å²) in [5, 5.41) is 12.2. The summed E-state index contributed by atoms with van der Waals surface area (Å²) in [4.78, 5) is 22.6. The number of rotatable bonds is 2. The first-order chi connectivity index (χ1) is 10.7. The van der Waals surface area contributed by atoms with E-state index in [4.69, 9.17) is 16.4 Å². The van der Waals surface area contributed by atoms with Crippen molar-refractivity contribution in [3.8, 4) is 0 Å². The summed E-state index contributed by atoms with van der Waals surface area (Å²) in [7, 11) is 0. The number of hydrogen-bond acceptors (Lipinski definition) is 6. The molecular weight excluding hydrogens is 308 g/mol. The lowest BCUT2D eigenvalue weighted by atomic mass is 10.3. The minimum atomic E-state index is -0.616. The Morgan fingerprint density at radius 3 is 3.09 bits per heavy atom. The van der Waals surface area contributed by atoms with Crippen LogP contribution in [-0.4, -0.2) is 35.7 Å². The van der Waals surface area contributed by atoms with Crippen molar-refractivity contribution in [2.75, 3.05) is 0 Å². The van der Waals surface area contributed by atoms with Gasteiger partial charge in [-0.2, -0.15) is 5.10 Å². The Labute approximate surface area is 127 Å². The van der Waals surface area contributed by atoms with E-state index in [-0.39, 0.29) is 5.56 Å². The molecular formula is C13H7ClN6O2. The Balaban J connectivity index is 1.72. The molecule has 22 heavy (non-hydrogen) atoms. The fourth-order valence-corrected chi connectivity index (χ4v) is 2.21. The molecule has 0 bridgehead atoms. The van der Waals surface area contributed by atoms with E-state index in [2.05, 4.69) is 20.4 Å². The van der Waals surface area contributed by atoms with Crippen LogP contribution in [0.5, 0.6) is 0 Å². The summed E-state index contributed by atoms with van der Waals surface area (Å²) in [5.74, 6) is -0.616. The number of hydrogen-bond donors (Lipinski definition) is 0. The normalized spacial score (nSPS) is 11.1. The second-order valence-electron chi connectivity index (χ2n) is 4.42. The zero-order chi connectivity index (χ0) is 15.1. The first kappa shape index (κ1) is 12.7. The topological polar surface area (TPSA) is 87.2 Å². The first-order valence-electron chi connectivity index (χ1n) is 6.24. The minimum absolute atomic E-state index is 0.288. The van der Waals surface area contributed by atoms with E-state index >= 15 is 0 Å². The molecule has 9 heteroatoms. The zero-order valence-electron chi connectivity index (χ0n) is 10.9. The molecule has 0 N–H and O–H groups in total. The average Bonchev–Trinajstić information content (AvgIpc) is 3.11. The first-order valence-corrected chi connectivity index (χ1v) is 6.62. The van der Waals surface area contributed by atoms with Gasteiger partial charge in [-0.3, -0.25) is 0 Å². The number of halogens is 1. The van der Waals surface area contributed by atoms with Crippen LogP contribution in [0, 0.1) is 0 Å². The molecule has 0 unspecified atom stereocenters. The highest BCUT2D eigenvalue weighted by atomic mass is 35.5. The van der Waals surface area contributed by atoms with Gasteiger partial charge < -0.3 is 4.84 Å². The van der Waals surface area contributed by atoms with Gasteiger partial charge >= 0.3 is 5.97 Å². The van der Waals surface area contributed by atoms with Gasteiger partial charge in [-0.25, -0.2) is 14.3 Å². The summed E-state index contributed by atoms with van der Waals surface area (Å²) < 4.78 is 1.50. The molecule has 0 amide bonds. The molecule has 4 aromatic rings. The number of nitrogens with zero attached hydrogens (tertiary/aromatic N) is 6. The van der Waals surface area contributed by atoms with Gasteiger partial charge in [0.25, 0.3) is 0 Å². The molecule has 0 saturated carbocycles. The van der Waals surface area contributed by atoms with Gasteiger partial charge in [0.05, 0.1) is 16.7 Å². The van der Waals surface area contributed by atoms with Crippen LogP contribution >= 0.6 is 11.6 Å². The van der Waals surface area contributed by atoms with Gasteiger partial charge in [-0.1, -0.05) is 11.6 Å². The van der Waals surface area contributed by atoms with Crippen molar-refractivity contribution in [3.05, 3.63) is 53.4 Å². The molecule has 4 heterocycles. The third-order valence-electron chi connectivity index (χ3n) is 3.05. The molecule has 0 fully saturated rings. The summed E-state index contributed by atoms with van der Waals surface area (Å²) in [6, 6.07) is 6.79. The summed E-state index contributed by atoms with van der Waals surface area (Å²) in [5.41, 5.74) is 1.75. The van der Waals surface area contributed by atoms with E-state index in [9.17, 15) is 4.79 Å². The predicted octanol–water partition coefficient (Wildman–Crippen LogP) is 1.40. The second kappa shape index (κ2) is 4.78. The van der Waals surface area contributed by atoms with Crippen molar-refractivity contribution in [2.24, 2.45) is 0 Å². The lowest BCUT2D eigenvalue weighted by Gasteiger charge is -2.01. The van der Waals surface area contributed by atoms with Crippen LogP contribution in [0.15, 0.2) is 42.9 Å². The molecule has 0 aliphatic rings. The highest BCUT2D eigenvalue weighted by Crippen LogP contribution is 2.15. The van der Waals surface area contributed by atoms with Gasteiger partial charge in [-0.05, 0) is 34.3 Å². The van der Waals surface area contributed by atoms with Crippen molar-refractivity contribution in [1.29, 1.82) is 0 Å². The number of carbonyl (C=O) groups excluding carboxylic acids is 1. The van der Waals surface area contributed by atoms with Crippen molar-refractivity contribution in [3.63, 3.8) is 0 Å². The lowest BCUT2D eigenvalue weighted by Crippen LogP contribution is -2.21. The molecule has 0 saturated heterocycles. The third kappa shape index (κ3) is 1.97. The average molecular weight is 315 g/mol. The quantitative estimate of drug-likeness (QED) is 0.520. The number of fused-ring (bicyclic) bond motifs is 2. The molecule has 0 aliphatic heterocycles. The molecule has 0 aliphatic carbocycles. The van der Waals surface area contributed by atoms with Crippen LogP contribution in [0.3, 0.4) is 0 Å². The van der Waals surface area contributed by atoms with Crippen molar-refractivity contribution >= 4 is 34.3 Å². The van der Waals surface area contributed by atoms with E-state index in [0.717, 1.165) is 4.85 Å². The SMILES string of the molecule is O=C(On1nnc2cccnc21)c1cnn2cc(Cl)ccc12. The van der Waals surface area contributed by atoms with E-state index in [1.54, 1.807) is 36.7 Å². The standard InChI is InChI=1S/C13H7ClN6O2/c14-8-3-4-11-9(6-16-19(11)7-8)13(21)22-20-12-10(17-18-20)2-1-5-15-12/h1-7H. The Morgan fingerprint density at radius 2 is 2.18 bits per heavy atom. The van der Waals surface area contributed by atoms with E-state index < -0.39 is 5.97 Å². The lowest BCUT2D eigenvalue weighted by molar-refractivity contribution is 0.0407. The Hall–Kier alpha value is -3.00. The minimum Gasteiger partial charge on any atom is -0.310 e. The predicted molar refractivity (Wildman–Crippen MR) is 76.4 cm³/mol. The summed E-state index contributed by atoms with van der Waals surface area (Å²) >= 11 is 5.88. The van der Waals surface area contributed by atoms with E-state index in [0.29, 0.717) is 21.7 Å². The largest absolute Gasteiger partial charge is 0.369 e. The molecule has 108 valence electrons. The Morgan fingerprint density at radius 1 is 1.27 bits per heavy atom. The maximum absolute atomic E-state index is 12.3. The third-order valence-corrected chi connectivity index (χ3v) is 3.27. The van der Waals surface area contributed by atoms with Gasteiger partial charge in [0, 0.05) is 12.4 Å². The van der Waals surface area contributed by atoms with Crippen molar-refractivity contribution in [2.45, 2.75) is 0 Å². The van der Waals surface area contributed by atoms with Gasteiger partial charge in [0.2, 0.25) is 5.65 Å². The number of aromatic nitrogens is 6. The van der Waals surface area contributed by atoms with E-state index in [1.807, 2.05) is 0 Å². The summed E-state index contributed by atoms with van der Waals surface area (Å²) in [6.07, 6.45) is 4.56. The van der Waals surface area contributed by atoms with Crippen LogP contribution in [-0.2, 0) is 0 Å². The van der Waals surface area contributed by atoms with Gasteiger partial charge in [-0.15, -0.1) is 5.10 Å². The maximum atomic E-state index is 12.3. The van der Waals surface area contributed by atoms with Crippen LogP contribution in [0.4, 0.5) is 0 Å². The van der Waals surface area contributed by atoms with Crippen molar-refractivity contribution in [1.82, 2.24) is 29.8 Å². The molecule has 4 aromatic heterocycles.